The van der Waals surface area contributed by atoms with Crippen LogP contribution < -0.4 is 0 Å². The predicted molar refractivity (Wildman–Crippen MR) is 62.5 cm³/mol. The van der Waals surface area contributed by atoms with Crippen LogP contribution in [0, 0.1) is 5.92 Å². The summed E-state index contributed by atoms with van der Waals surface area (Å²) in [4.78, 5) is 0. The first-order valence-corrected chi connectivity index (χ1v) is 6.28. The Bertz CT molecular complexity index is 355. The van der Waals surface area contributed by atoms with E-state index < -0.39 is 5.60 Å². The van der Waals surface area contributed by atoms with Crippen LogP contribution >= 0.6 is 15.9 Å². The van der Waals surface area contributed by atoms with Crippen molar-refractivity contribution in [2.24, 2.45) is 5.92 Å². The highest BCUT2D eigenvalue weighted by molar-refractivity contribution is 9.10. The summed E-state index contributed by atoms with van der Waals surface area (Å²) >= 11 is 3.46. The molecule has 1 unspecified atom stereocenters. The van der Waals surface area contributed by atoms with Crippen molar-refractivity contribution >= 4 is 15.9 Å². The van der Waals surface area contributed by atoms with Crippen molar-refractivity contribution < 1.29 is 5.11 Å². The van der Waals surface area contributed by atoms with Crippen LogP contribution in [0.4, 0.5) is 0 Å². The molecule has 1 aromatic rings. The summed E-state index contributed by atoms with van der Waals surface area (Å²) in [6.45, 7) is 4.72. The highest BCUT2D eigenvalue weighted by Gasteiger charge is 2.36. The maximum Gasteiger partial charge on any atom is 0.105 e. The number of aryl methyl sites for hydroxylation is 1. The minimum absolute atomic E-state index is 0.701. The molecule has 2 rings (SSSR count). The Kier molecular flexibility index (Phi) is 2.90. The molecule has 0 radical (unpaired) electrons. The van der Waals surface area contributed by atoms with Gasteiger partial charge in [-0.05, 0) is 42.1 Å². The number of hydrogen-bond acceptors (Lipinski definition) is 2. The molecule has 1 fully saturated rings. The van der Waals surface area contributed by atoms with Crippen LogP contribution in [0.5, 0.6) is 0 Å². The smallest absolute Gasteiger partial charge is 0.105 e. The molecule has 0 amide bonds. The van der Waals surface area contributed by atoms with Gasteiger partial charge < -0.3 is 5.11 Å². The third-order valence-electron chi connectivity index (χ3n) is 2.99. The molecule has 1 heterocycles. The van der Waals surface area contributed by atoms with Gasteiger partial charge in [0.15, 0.2) is 0 Å². The molecule has 0 aliphatic heterocycles. The van der Waals surface area contributed by atoms with Crippen molar-refractivity contribution in [1.29, 1.82) is 0 Å². The second-order valence-corrected chi connectivity index (χ2v) is 5.43. The minimum atomic E-state index is -0.757. The highest BCUT2D eigenvalue weighted by Crippen LogP contribution is 2.42. The summed E-state index contributed by atoms with van der Waals surface area (Å²) in [5.74, 6) is 0.701. The van der Waals surface area contributed by atoms with E-state index in [2.05, 4.69) is 21.0 Å². The molecule has 3 nitrogen and oxygen atoms in total. The molecule has 0 spiro atoms. The molecule has 1 saturated carbocycles. The molecular formula is C11H17BrN2O. The van der Waals surface area contributed by atoms with Crippen LogP contribution in [-0.4, -0.2) is 14.9 Å². The first-order chi connectivity index (χ1) is 7.04. The Morgan fingerprint density at radius 1 is 1.67 bits per heavy atom. The number of nitrogens with zero attached hydrogens (tertiary/aromatic N) is 2. The average Bonchev–Trinajstić information content (AvgIpc) is 2.85. The van der Waals surface area contributed by atoms with Gasteiger partial charge >= 0.3 is 0 Å². The zero-order valence-electron chi connectivity index (χ0n) is 9.20. The summed E-state index contributed by atoms with van der Waals surface area (Å²) in [5, 5.41) is 14.7. The van der Waals surface area contributed by atoms with E-state index in [1.54, 1.807) is 6.20 Å². The summed E-state index contributed by atoms with van der Waals surface area (Å²) in [5.41, 5.74) is 0.156. The first kappa shape index (κ1) is 11.1. The van der Waals surface area contributed by atoms with Gasteiger partial charge in [0.05, 0.1) is 16.4 Å². The lowest BCUT2D eigenvalue weighted by atomic mass is 9.95. The number of aromatic nitrogens is 2. The van der Waals surface area contributed by atoms with Crippen LogP contribution in [0.15, 0.2) is 10.7 Å². The fourth-order valence-corrected chi connectivity index (χ4v) is 2.84. The monoisotopic (exact) mass is 272 g/mol. The molecule has 1 aliphatic carbocycles. The van der Waals surface area contributed by atoms with Crippen molar-refractivity contribution in [3.05, 3.63) is 16.4 Å². The van der Waals surface area contributed by atoms with Gasteiger partial charge in [0.25, 0.3) is 0 Å². The quantitative estimate of drug-likeness (QED) is 0.915. The molecule has 4 heteroatoms. The van der Waals surface area contributed by atoms with Gasteiger partial charge in [0.1, 0.15) is 5.60 Å². The van der Waals surface area contributed by atoms with E-state index in [0.29, 0.717) is 5.92 Å². The van der Waals surface area contributed by atoms with Crippen LogP contribution in [0.2, 0.25) is 0 Å². The summed E-state index contributed by atoms with van der Waals surface area (Å²) in [7, 11) is 0. The lowest BCUT2D eigenvalue weighted by molar-refractivity contribution is 0.0319. The molecule has 1 aromatic heterocycles. The van der Waals surface area contributed by atoms with E-state index in [1.807, 2.05) is 18.5 Å². The average molecular weight is 273 g/mol. The van der Waals surface area contributed by atoms with E-state index in [9.17, 15) is 5.11 Å². The van der Waals surface area contributed by atoms with Gasteiger partial charge in [0.2, 0.25) is 0 Å². The van der Waals surface area contributed by atoms with E-state index in [4.69, 9.17) is 0 Å². The Morgan fingerprint density at radius 2 is 2.33 bits per heavy atom. The van der Waals surface area contributed by atoms with Crippen molar-refractivity contribution in [2.75, 3.05) is 0 Å². The molecule has 84 valence electrons. The Morgan fingerprint density at radius 3 is 2.87 bits per heavy atom. The lowest BCUT2D eigenvalue weighted by Gasteiger charge is -2.24. The van der Waals surface area contributed by atoms with Crippen molar-refractivity contribution in [2.45, 2.75) is 45.3 Å². The van der Waals surface area contributed by atoms with Crippen molar-refractivity contribution in [1.82, 2.24) is 9.78 Å². The predicted octanol–water partition coefficient (Wildman–Crippen LogP) is 2.67. The van der Waals surface area contributed by atoms with Crippen LogP contribution in [0.1, 0.15) is 38.8 Å². The second kappa shape index (κ2) is 3.91. The molecule has 15 heavy (non-hydrogen) atoms. The van der Waals surface area contributed by atoms with Gasteiger partial charge in [-0.1, -0.05) is 12.8 Å². The second-order valence-electron chi connectivity index (χ2n) is 4.58. The fraction of sp³-hybridized carbons (Fsp3) is 0.727. The van der Waals surface area contributed by atoms with E-state index in [-0.39, 0.29) is 0 Å². The Labute approximate surface area is 98.6 Å². The topological polar surface area (TPSA) is 38.0 Å². The van der Waals surface area contributed by atoms with E-state index in [1.165, 1.54) is 12.8 Å². The molecule has 1 atom stereocenters. The minimum Gasteiger partial charge on any atom is -0.384 e. The zero-order valence-corrected chi connectivity index (χ0v) is 10.8. The third-order valence-corrected chi connectivity index (χ3v) is 3.57. The maximum atomic E-state index is 10.5. The zero-order chi connectivity index (χ0) is 11.1. The third kappa shape index (κ3) is 2.26. The number of hydrogen-bond donors (Lipinski definition) is 1. The fourth-order valence-electron chi connectivity index (χ4n) is 2.12. The largest absolute Gasteiger partial charge is 0.384 e. The molecule has 0 saturated heterocycles. The highest BCUT2D eigenvalue weighted by atomic mass is 79.9. The summed E-state index contributed by atoms with van der Waals surface area (Å²) < 4.78 is 2.78. The van der Waals surface area contributed by atoms with Crippen LogP contribution in [0.3, 0.4) is 0 Å². The molecule has 1 aliphatic rings. The van der Waals surface area contributed by atoms with E-state index in [0.717, 1.165) is 23.1 Å². The van der Waals surface area contributed by atoms with Gasteiger partial charge in [-0.15, -0.1) is 0 Å². The van der Waals surface area contributed by atoms with Gasteiger partial charge in [-0.25, -0.2) is 0 Å². The number of aliphatic hydroxyl groups is 1. The molecule has 0 aromatic carbocycles. The van der Waals surface area contributed by atoms with Crippen molar-refractivity contribution in [3.63, 3.8) is 0 Å². The Balaban J connectivity index is 2.28. The first-order valence-electron chi connectivity index (χ1n) is 5.48. The number of halogens is 1. The van der Waals surface area contributed by atoms with Gasteiger partial charge in [-0.2, -0.15) is 5.10 Å². The summed E-state index contributed by atoms with van der Waals surface area (Å²) in [6.07, 6.45) is 5.12. The van der Waals surface area contributed by atoms with Gasteiger partial charge in [-0.3, -0.25) is 4.68 Å². The van der Waals surface area contributed by atoms with Crippen LogP contribution in [0.25, 0.3) is 0 Å². The van der Waals surface area contributed by atoms with E-state index >= 15 is 0 Å². The van der Waals surface area contributed by atoms with Crippen molar-refractivity contribution in [3.8, 4) is 0 Å². The Hall–Kier alpha value is -0.350. The standard InChI is InChI=1S/C11H17BrN2O/c1-3-14-10(9(12)7-13-14)11(2,15)6-8-4-5-8/h7-8,15H,3-6H2,1-2H3. The van der Waals surface area contributed by atoms with Gasteiger partial charge in [0, 0.05) is 6.54 Å². The SMILES string of the molecule is CCn1ncc(Br)c1C(C)(O)CC1CC1. The summed E-state index contributed by atoms with van der Waals surface area (Å²) in [6, 6.07) is 0. The molecular weight excluding hydrogens is 256 g/mol. The maximum absolute atomic E-state index is 10.5. The lowest BCUT2D eigenvalue weighted by Crippen LogP contribution is -2.26. The van der Waals surface area contributed by atoms with Crippen LogP contribution in [-0.2, 0) is 12.1 Å². The molecule has 1 N–H and O–H groups in total. The normalized spacial score (nSPS) is 20.3. The molecule has 0 bridgehead atoms. The number of rotatable bonds is 4.